The maximum Gasteiger partial charge on any atom is 0.135 e. The van der Waals surface area contributed by atoms with Crippen LogP contribution in [0.3, 0.4) is 0 Å². The van der Waals surface area contributed by atoms with Crippen molar-refractivity contribution in [2.75, 3.05) is 0 Å². The molecule has 0 spiro atoms. The lowest BCUT2D eigenvalue weighted by Crippen LogP contribution is -1.94. The molecule has 1 aromatic rings. The number of rotatable bonds is 2. The summed E-state index contributed by atoms with van der Waals surface area (Å²) in [5.41, 5.74) is 2.76. The topological polar surface area (TPSA) is 30.0 Å². The molecule has 0 radical (unpaired) electrons. The second-order valence-corrected chi connectivity index (χ2v) is 3.18. The maximum atomic E-state index is 10.6. The van der Waals surface area contributed by atoms with E-state index in [0.717, 1.165) is 10.6 Å². The summed E-state index contributed by atoms with van der Waals surface area (Å²) >= 11 is 1.55. The Kier molecular flexibility index (Phi) is 2.17. The Hall–Kier alpha value is -0.700. The van der Waals surface area contributed by atoms with Gasteiger partial charge in [0.05, 0.1) is 11.2 Å². The molecule has 0 aromatic carbocycles. The molecule has 0 aliphatic rings. The summed E-state index contributed by atoms with van der Waals surface area (Å²) in [6.45, 7) is 3.52. The van der Waals surface area contributed by atoms with E-state index in [2.05, 4.69) is 4.98 Å². The number of hydrogen-bond donors (Lipinski definition) is 0. The minimum atomic E-state index is 0.201. The van der Waals surface area contributed by atoms with Gasteiger partial charge in [-0.1, -0.05) is 0 Å². The molecule has 2 nitrogen and oxygen atoms in total. The summed E-state index contributed by atoms with van der Waals surface area (Å²) in [5, 5.41) is 0. The van der Waals surface area contributed by atoms with Crippen molar-refractivity contribution in [1.82, 2.24) is 4.98 Å². The van der Waals surface area contributed by atoms with Crippen LogP contribution in [0.2, 0.25) is 0 Å². The standard InChI is InChI=1S/C7H9NOS/c1-5(9)3-7-6(2)8-4-10-7/h4H,3H2,1-2H3. The van der Waals surface area contributed by atoms with Crippen molar-refractivity contribution >= 4 is 17.1 Å². The fourth-order valence-corrected chi connectivity index (χ4v) is 1.57. The smallest absolute Gasteiger partial charge is 0.135 e. The van der Waals surface area contributed by atoms with E-state index in [1.165, 1.54) is 0 Å². The average molecular weight is 155 g/mol. The van der Waals surface area contributed by atoms with Gasteiger partial charge in [0.2, 0.25) is 0 Å². The molecular weight excluding hydrogens is 146 g/mol. The van der Waals surface area contributed by atoms with Gasteiger partial charge in [0, 0.05) is 11.3 Å². The van der Waals surface area contributed by atoms with E-state index >= 15 is 0 Å². The average Bonchev–Trinajstić information content (AvgIpc) is 2.15. The minimum absolute atomic E-state index is 0.201. The van der Waals surface area contributed by atoms with E-state index in [9.17, 15) is 4.79 Å². The van der Waals surface area contributed by atoms with Gasteiger partial charge in [0.1, 0.15) is 5.78 Å². The number of carbonyl (C=O) groups is 1. The van der Waals surface area contributed by atoms with Crippen LogP contribution in [-0.4, -0.2) is 10.8 Å². The first-order valence-corrected chi connectivity index (χ1v) is 3.96. The number of thiazole rings is 1. The van der Waals surface area contributed by atoms with E-state index < -0.39 is 0 Å². The fourth-order valence-electron chi connectivity index (χ4n) is 0.722. The molecule has 0 N–H and O–H groups in total. The van der Waals surface area contributed by atoms with Gasteiger partial charge in [-0.25, -0.2) is 4.98 Å². The Balaban J connectivity index is 2.74. The van der Waals surface area contributed by atoms with Crippen LogP contribution in [0.4, 0.5) is 0 Å². The highest BCUT2D eigenvalue weighted by Crippen LogP contribution is 2.12. The summed E-state index contributed by atoms with van der Waals surface area (Å²) < 4.78 is 0. The van der Waals surface area contributed by atoms with Crippen molar-refractivity contribution in [2.45, 2.75) is 20.3 Å². The first kappa shape index (κ1) is 7.41. The van der Waals surface area contributed by atoms with Crippen molar-refractivity contribution in [3.63, 3.8) is 0 Å². The van der Waals surface area contributed by atoms with Crippen LogP contribution >= 0.6 is 11.3 Å². The van der Waals surface area contributed by atoms with Crippen LogP contribution in [0.1, 0.15) is 17.5 Å². The minimum Gasteiger partial charge on any atom is -0.300 e. The quantitative estimate of drug-likeness (QED) is 0.649. The number of aryl methyl sites for hydroxylation is 1. The third-order valence-corrected chi connectivity index (χ3v) is 2.19. The molecule has 0 unspecified atom stereocenters. The van der Waals surface area contributed by atoms with E-state index in [0.29, 0.717) is 6.42 Å². The highest BCUT2D eigenvalue weighted by molar-refractivity contribution is 7.09. The summed E-state index contributed by atoms with van der Waals surface area (Å²) in [4.78, 5) is 15.8. The Labute approximate surface area is 63.9 Å². The summed E-state index contributed by atoms with van der Waals surface area (Å²) in [6, 6.07) is 0. The second-order valence-electron chi connectivity index (χ2n) is 2.24. The molecule has 1 aromatic heterocycles. The molecule has 0 saturated heterocycles. The van der Waals surface area contributed by atoms with E-state index in [4.69, 9.17) is 0 Å². The normalized spacial score (nSPS) is 9.80. The van der Waals surface area contributed by atoms with Gasteiger partial charge in [0.25, 0.3) is 0 Å². The molecule has 1 rings (SSSR count). The first-order valence-electron chi connectivity index (χ1n) is 3.08. The molecular formula is C7H9NOS. The lowest BCUT2D eigenvalue weighted by Gasteiger charge is -1.90. The molecule has 0 fully saturated rings. The lowest BCUT2D eigenvalue weighted by molar-refractivity contribution is -0.116. The molecule has 0 saturated carbocycles. The van der Waals surface area contributed by atoms with Gasteiger partial charge in [-0.05, 0) is 13.8 Å². The molecule has 0 aliphatic carbocycles. The van der Waals surface area contributed by atoms with Gasteiger partial charge in [-0.2, -0.15) is 0 Å². The summed E-state index contributed by atoms with van der Waals surface area (Å²) in [6.07, 6.45) is 0.538. The van der Waals surface area contributed by atoms with Gasteiger partial charge < -0.3 is 0 Å². The van der Waals surface area contributed by atoms with Crippen molar-refractivity contribution in [2.24, 2.45) is 0 Å². The highest BCUT2D eigenvalue weighted by atomic mass is 32.1. The number of hydrogen-bond acceptors (Lipinski definition) is 3. The Morgan fingerprint density at radius 3 is 2.90 bits per heavy atom. The van der Waals surface area contributed by atoms with Crippen molar-refractivity contribution in [1.29, 1.82) is 0 Å². The number of nitrogens with zero attached hydrogens (tertiary/aromatic N) is 1. The first-order chi connectivity index (χ1) is 4.70. The predicted octanol–water partition coefficient (Wildman–Crippen LogP) is 1.58. The number of Topliss-reactive ketones (excluding diaryl/α,β-unsaturated/α-hetero) is 1. The zero-order valence-corrected chi connectivity index (χ0v) is 6.86. The zero-order valence-electron chi connectivity index (χ0n) is 6.05. The summed E-state index contributed by atoms with van der Waals surface area (Å²) in [5.74, 6) is 0.201. The molecule has 0 bridgehead atoms. The molecule has 3 heteroatoms. The van der Waals surface area contributed by atoms with Gasteiger partial charge in [-0.15, -0.1) is 11.3 Å². The van der Waals surface area contributed by atoms with Crippen LogP contribution < -0.4 is 0 Å². The predicted molar refractivity (Wildman–Crippen MR) is 41.2 cm³/mol. The third kappa shape index (κ3) is 1.64. The Morgan fingerprint density at radius 1 is 1.80 bits per heavy atom. The zero-order chi connectivity index (χ0) is 7.56. The van der Waals surface area contributed by atoms with E-state index in [1.54, 1.807) is 23.8 Å². The molecule has 10 heavy (non-hydrogen) atoms. The highest BCUT2D eigenvalue weighted by Gasteiger charge is 2.02. The number of ketones is 1. The molecule has 54 valence electrons. The monoisotopic (exact) mass is 155 g/mol. The molecule has 0 atom stereocenters. The Bertz CT molecular complexity index is 242. The maximum absolute atomic E-state index is 10.6. The largest absolute Gasteiger partial charge is 0.300 e. The SMILES string of the molecule is CC(=O)Cc1scnc1C. The summed E-state index contributed by atoms with van der Waals surface area (Å²) in [7, 11) is 0. The number of aromatic nitrogens is 1. The van der Waals surface area contributed by atoms with Crippen LogP contribution in [0, 0.1) is 6.92 Å². The van der Waals surface area contributed by atoms with Crippen LogP contribution in [0.15, 0.2) is 5.51 Å². The van der Waals surface area contributed by atoms with Crippen molar-refractivity contribution in [3.05, 3.63) is 16.1 Å². The van der Waals surface area contributed by atoms with E-state index in [-0.39, 0.29) is 5.78 Å². The molecule has 0 aliphatic heterocycles. The van der Waals surface area contributed by atoms with Crippen LogP contribution in [0.5, 0.6) is 0 Å². The van der Waals surface area contributed by atoms with Crippen LogP contribution in [0.25, 0.3) is 0 Å². The second kappa shape index (κ2) is 2.92. The van der Waals surface area contributed by atoms with Gasteiger partial charge >= 0.3 is 0 Å². The van der Waals surface area contributed by atoms with Crippen molar-refractivity contribution < 1.29 is 4.79 Å². The van der Waals surface area contributed by atoms with Gasteiger partial charge in [0.15, 0.2) is 0 Å². The van der Waals surface area contributed by atoms with Crippen molar-refractivity contribution in [3.8, 4) is 0 Å². The lowest BCUT2D eigenvalue weighted by atomic mass is 10.2. The fraction of sp³-hybridized carbons (Fsp3) is 0.429. The van der Waals surface area contributed by atoms with E-state index in [1.807, 2.05) is 6.92 Å². The number of carbonyl (C=O) groups excluding carboxylic acids is 1. The van der Waals surface area contributed by atoms with Gasteiger partial charge in [-0.3, -0.25) is 4.79 Å². The molecule has 1 heterocycles. The third-order valence-electron chi connectivity index (χ3n) is 1.25. The van der Waals surface area contributed by atoms with Crippen LogP contribution in [-0.2, 0) is 11.2 Å². The Morgan fingerprint density at radius 2 is 2.50 bits per heavy atom. The molecule has 0 amide bonds.